The summed E-state index contributed by atoms with van der Waals surface area (Å²) >= 11 is 0. The molecule has 0 aliphatic heterocycles. The number of nitrogens with zero attached hydrogens (tertiary/aromatic N) is 3. The van der Waals surface area contributed by atoms with E-state index in [1.54, 1.807) is 26.0 Å². The highest BCUT2D eigenvalue weighted by molar-refractivity contribution is 5.77. The molecule has 0 saturated carbocycles. The van der Waals surface area contributed by atoms with Crippen molar-refractivity contribution in [3.05, 3.63) is 35.0 Å². The Bertz CT molecular complexity index is 755. The van der Waals surface area contributed by atoms with Gasteiger partial charge in [-0.1, -0.05) is 6.07 Å². The molecule has 0 fully saturated rings. The zero-order chi connectivity index (χ0) is 18.4. The number of methoxy groups -OCH3 is 3. The lowest BCUT2D eigenvalue weighted by molar-refractivity contribution is 0.354. The van der Waals surface area contributed by atoms with E-state index in [2.05, 4.69) is 15.4 Å². The molecule has 0 radical (unpaired) electrons. The first kappa shape index (κ1) is 18.4. The molecular weight excluding hydrogens is 322 g/mol. The van der Waals surface area contributed by atoms with Gasteiger partial charge in [0, 0.05) is 7.05 Å². The molecule has 0 atom stereocenters. The monoisotopic (exact) mass is 347 g/mol. The van der Waals surface area contributed by atoms with Crippen molar-refractivity contribution in [3.63, 3.8) is 0 Å². The van der Waals surface area contributed by atoms with Gasteiger partial charge in [-0.2, -0.15) is 5.10 Å². The number of rotatable bonds is 7. The van der Waals surface area contributed by atoms with Gasteiger partial charge in [0.1, 0.15) is 0 Å². The number of guanidine groups is 1. The fraction of sp³-hybridized carbons (Fsp3) is 0.412. The van der Waals surface area contributed by atoms with E-state index in [4.69, 9.17) is 19.9 Å². The van der Waals surface area contributed by atoms with Crippen LogP contribution in [0.15, 0.2) is 23.2 Å². The van der Waals surface area contributed by atoms with Crippen molar-refractivity contribution in [3.8, 4) is 17.4 Å². The lowest BCUT2D eigenvalue weighted by Gasteiger charge is -2.09. The largest absolute Gasteiger partial charge is 0.493 e. The molecule has 0 amide bonds. The minimum atomic E-state index is 0.347. The molecule has 0 saturated heterocycles. The number of hydrogen-bond donors (Lipinski definition) is 2. The van der Waals surface area contributed by atoms with Crippen LogP contribution in [-0.2, 0) is 20.1 Å². The number of nitrogens with one attached hydrogen (secondary N) is 1. The smallest absolute Gasteiger partial charge is 0.216 e. The molecule has 8 nitrogen and oxygen atoms in total. The summed E-state index contributed by atoms with van der Waals surface area (Å²) in [7, 11) is 6.66. The Balaban J connectivity index is 2.01. The highest BCUT2D eigenvalue weighted by Crippen LogP contribution is 2.27. The summed E-state index contributed by atoms with van der Waals surface area (Å²) in [6.45, 7) is 2.85. The maximum atomic E-state index is 5.96. The zero-order valence-electron chi connectivity index (χ0n) is 15.3. The molecule has 1 aromatic heterocycles. The van der Waals surface area contributed by atoms with Crippen LogP contribution in [0.25, 0.3) is 0 Å². The van der Waals surface area contributed by atoms with Gasteiger partial charge in [0.05, 0.1) is 45.7 Å². The maximum Gasteiger partial charge on any atom is 0.216 e. The Morgan fingerprint density at radius 2 is 1.92 bits per heavy atom. The minimum absolute atomic E-state index is 0.347. The van der Waals surface area contributed by atoms with Crippen molar-refractivity contribution in [1.29, 1.82) is 0 Å². The van der Waals surface area contributed by atoms with Gasteiger partial charge in [-0.25, -0.2) is 9.67 Å². The molecule has 3 N–H and O–H groups in total. The summed E-state index contributed by atoms with van der Waals surface area (Å²) in [6.07, 6.45) is 0. The van der Waals surface area contributed by atoms with Crippen molar-refractivity contribution in [2.24, 2.45) is 17.8 Å². The molecule has 8 heteroatoms. The van der Waals surface area contributed by atoms with E-state index in [0.717, 1.165) is 16.8 Å². The Hall–Kier alpha value is -2.90. The van der Waals surface area contributed by atoms with Gasteiger partial charge in [-0.15, -0.1) is 0 Å². The number of ether oxygens (including phenoxy) is 3. The van der Waals surface area contributed by atoms with Crippen LogP contribution in [0.1, 0.15) is 16.8 Å². The fourth-order valence-electron chi connectivity index (χ4n) is 2.53. The Morgan fingerprint density at radius 1 is 1.20 bits per heavy atom. The first-order chi connectivity index (χ1) is 12.0. The molecule has 0 bridgehead atoms. The summed E-state index contributed by atoms with van der Waals surface area (Å²) in [5.41, 5.74) is 8.77. The topological polar surface area (TPSA) is 95.9 Å². The molecule has 0 spiro atoms. The van der Waals surface area contributed by atoms with Crippen molar-refractivity contribution in [1.82, 2.24) is 15.1 Å². The normalized spacial score (nSPS) is 11.3. The summed E-state index contributed by atoms with van der Waals surface area (Å²) < 4.78 is 17.6. The van der Waals surface area contributed by atoms with Gasteiger partial charge in [-0.3, -0.25) is 0 Å². The van der Waals surface area contributed by atoms with Crippen LogP contribution in [0.4, 0.5) is 0 Å². The lowest BCUT2D eigenvalue weighted by Crippen LogP contribution is -2.31. The van der Waals surface area contributed by atoms with Gasteiger partial charge < -0.3 is 25.3 Å². The number of aliphatic imine (C=N–C) groups is 1. The standard InChI is InChI=1S/C17H25N5O3/c1-11-13(16(25-5)22(2)21-11)10-20-17(18)19-9-12-6-7-14(23-3)15(8-12)24-4/h6-8H,9-10H2,1-5H3,(H3,18,19,20). The van der Waals surface area contributed by atoms with Crippen LogP contribution in [0.3, 0.4) is 0 Å². The van der Waals surface area contributed by atoms with Crippen LogP contribution >= 0.6 is 0 Å². The Kier molecular flexibility index (Phi) is 6.10. The maximum absolute atomic E-state index is 5.96. The molecule has 2 aromatic rings. The minimum Gasteiger partial charge on any atom is -0.493 e. The van der Waals surface area contributed by atoms with Crippen molar-refractivity contribution < 1.29 is 14.2 Å². The van der Waals surface area contributed by atoms with Crippen molar-refractivity contribution in [2.45, 2.75) is 20.0 Å². The van der Waals surface area contributed by atoms with Gasteiger partial charge in [0.25, 0.3) is 0 Å². The van der Waals surface area contributed by atoms with Crippen molar-refractivity contribution >= 4 is 5.96 Å². The second-order valence-electron chi connectivity index (χ2n) is 5.44. The third-order valence-corrected chi connectivity index (χ3v) is 3.81. The SMILES string of the molecule is COc1ccc(CN=C(N)NCc2c(C)nn(C)c2OC)cc1OC. The second-order valence-corrected chi connectivity index (χ2v) is 5.44. The molecule has 25 heavy (non-hydrogen) atoms. The van der Waals surface area contributed by atoms with Gasteiger partial charge in [0.2, 0.25) is 5.88 Å². The number of nitrogens with two attached hydrogens (primary N) is 1. The van der Waals surface area contributed by atoms with E-state index < -0.39 is 0 Å². The summed E-state index contributed by atoms with van der Waals surface area (Å²) in [4.78, 5) is 4.35. The predicted molar refractivity (Wildman–Crippen MR) is 96.2 cm³/mol. The molecule has 1 heterocycles. The van der Waals surface area contributed by atoms with Crippen LogP contribution in [0.5, 0.6) is 17.4 Å². The van der Waals surface area contributed by atoms with Gasteiger partial charge in [-0.05, 0) is 24.6 Å². The lowest BCUT2D eigenvalue weighted by atomic mass is 10.2. The molecular formula is C17H25N5O3. The van der Waals surface area contributed by atoms with E-state index >= 15 is 0 Å². The zero-order valence-corrected chi connectivity index (χ0v) is 15.3. The van der Waals surface area contributed by atoms with E-state index in [-0.39, 0.29) is 0 Å². The van der Waals surface area contributed by atoms with E-state index in [1.165, 1.54) is 0 Å². The summed E-state index contributed by atoms with van der Waals surface area (Å²) in [6, 6.07) is 5.65. The molecule has 0 aliphatic carbocycles. The predicted octanol–water partition coefficient (Wildman–Crippen LogP) is 1.36. The molecule has 0 aliphatic rings. The highest BCUT2D eigenvalue weighted by Gasteiger charge is 2.13. The second kappa shape index (κ2) is 8.27. The number of benzene rings is 1. The molecule has 136 valence electrons. The highest BCUT2D eigenvalue weighted by atomic mass is 16.5. The summed E-state index contributed by atoms with van der Waals surface area (Å²) in [5.74, 6) is 2.40. The van der Waals surface area contributed by atoms with Gasteiger partial charge in [0.15, 0.2) is 17.5 Å². The van der Waals surface area contributed by atoms with Crippen LogP contribution < -0.4 is 25.3 Å². The number of aromatic nitrogens is 2. The third kappa shape index (κ3) is 4.34. The van der Waals surface area contributed by atoms with Gasteiger partial charge >= 0.3 is 0 Å². The first-order valence-corrected chi connectivity index (χ1v) is 7.81. The molecule has 0 unspecified atom stereocenters. The summed E-state index contributed by atoms with van der Waals surface area (Å²) in [5, 5.41) is 7.42. The quantitative estimate of drug-likeness (QED) is 0.580. The van der Waals surface area contributed by atoms with Crippen molar-refractivity contribution in [2.75, 3.05) is 21.3 Å². The Labute approximate surface area is 147 Å². The number of aryl methyl sites for hydroxylation is 2. The molecule has 2 rings (SSSR count). The van der Waals surface area contributed by atoms with Crippen LogP contribution in [0, 0.1) is 6.92 Å². The Morgan fingerprint density at radius 3 is 2.56 bits per heavy atom. The molecule has 1 aromatic carbocycles. The van der Waals surface area contributed by atoms with E-state index in [9.17, 15) is 0 Å². The van der Waals surface area contributed by atoms with E-state index in [0.29, 0.717) is 36.4 Å². The van der Waals surface area contributed by atoms with E-state index in [1.807, 2.05) is 32.2 Å². The van der Waals surface area contributed by atoms with Crippen LogP contribution in [-0.4, -0.2) is 37.1 Å². The average molecular weight is 347 g/mol. The number of hydrogen-bond acceptors (Lipinski definition) is 5. The third-order valence-electron chi connectivity index (χ3n) is 3.81. The fourth-order valence-corrected chi connectivity index (χ4v) is 2.53. The first-order valence-electron chi connectivity index (χ1n) is 7.81. The van der Waals surface area contributed by atoms with Crippen LogP contribution in [0.2, 0.25) is 0 Å². The average Bonchev–Trinajstić information content (AvgIpc) is 2.90.